The fraction of sp³-hybridized carbons (Fsp3) is 0.900. The molecule has 0 heterocycles. The van der Waals surface area contributed by atoms with E-state index in [0.29, 0.717) is 18.9 Å². The van der Waals surface area contributed by atoms with Gasteiger partial charge >= 0.3 is 0 Å². The van der Waals surface area contributed by atoms with Crippen molar-refractivity contribution in [2.45, 2.75) is 38.6 Å². The highest BCUT2D eigenvalue weighted by Crippen LogP contribution is 2.03. The highest BCUT2D eigenvalue weighted by Gasteiger charge is 2.15. The lowest BCUT2D eigenvalue weighted by atomic mass is 10.1. The van der Waals surface area contributed by atoms with E-state index in [0.717, 1.165) is 19.4 Å². The molecule has 4 N–H and O–H groups in total. The zero-order valence-electron chi connectivity index (χ0n) is 9.92. The van der Waals surface area contributed by atoms with Gasteiger partial charge in [-0.05, 0) is 33.2 Å². The molecule has 15 heavy (non-hydrogen) atoms. The Balaban J connectivity index is 3.46. The standard InChI is InChI=1S/C10H23N3O2/c1-10(2,8-15-3)12-7-5-4-6-9(11)13-14/h12,14H,4-8H2,1-3H3,(H2,11,13). The van der Waals surface area contributed by atoms with Crippen LogP contribution in [0.25, 0.3) is 0 Å². The summed E-state index contributed by atoms with van der Waals surface area (Å²) in [7, 11) is 1.70. The number of ether oxygens (including phenoxy) is 1. The van der Waals surface area contributed by atoms with Gasteiger partial charge in [0.15, 0.2) is 0 Å². The number of methoxy groups -OCH3 is 1. The molecule has 0 aromatic rings. The van der Waals surface area contributed by atoms with Crippen molar-refractivity contribution >= 4 is 5.84 Å². The van der Waals surface area contributed by atoms with Crippen LogP contribution in [0.3, 0.4) is 0 Å². The number of hydrogen-bond donors (Lipinski definition) is 3. The van der Waals surface area contributed by atoms with Crippen LogP contribution in [-0.4, -0.2) is 36.8 Å². The van der Waals surface area contributed by atoms with Gasteiger partial charge in [-0.2, -0.15) is 0 Å². The van der Waals surface area contributed by atoms with E-state index in [1.54, 1.807) is 7.11 Å². The number of nitrogens with two attached hydrogens (primary N) is 1. The van der Waals surface area contributed by atoms with Gasteiger partial charge in [0.25, 0.3) is 0 Å². The summed E-state index contributed by atoms with van der Waals surface area (Å²) >= 11 is 0. The third-order valence-corrected chi connectivity index (χ3v) is 2.10. The molecule has 0 saturated heterocycles. The zero-order chi connectivity index (χ0) is 11.7. The van der Waals surface area contributed by atoms with Gasteiger partial charge in [-0.25, -0.2) is 0 Å². The van der Waals surface area contributed by atoms with Gasteiger partial charge in [-0.15, -0.1) is 0 Å². The Morgan fingerprint density at radius 1 is 1.47 bits per heavy atom. The van der Waals surface area contributed by atoms with E-state index in [2.05, 4.69) is 24.3 Å². The first-order chi connectivity index (χ1) is 7.02. The molecule has 0 aromatic heterocycles. The SMILES string of the molecule is COCC(C)(C)NCCCCC(N)=NO. The highest BCUT2D eigenvalue weighted by atomic mass is 16.5. The number of nitrogens with zero attached hydrogens (tertiary/aromatic N) is 1. The van der Waals surface area contributed by atoms with Crippen LogP contribution in [0.5, 0.6) is 0 Å². The maximum atomic E-state index is 8.32. The lowest BCUT2D eigenvalue weighted by Crippen LogP contribution is -2.43. The third-order valence-electron chi connectivity index (χ3n) is 2.10. The van der Waals surface area contributed by atoms with Crippen molar-refractivity contribution < 1.29 is 9.94 Å². The van der Waals surface area contributed by atoms with Gasteiger partial charge in [0.05, 0.1) is 6.61 Å². The van der Waals surface area contributed by atoms with Crippen molar-refractivity contribution in [2.24, 2.45) is 10.9 Å². The molecule has 0 atom stereocenters. The molecule has 5 heteroatoms. The van der Waals surface area contributed by atoms with E-state index in [-0.39, 0.29) is 5.54 Å². The molecule has 5 nitrogen and oxygen atoms in total. The molecule has 0 unspecified atom stereocenters. The Bertz CT molecular complexity index is 193. The second-order valence-corrected chi connectivity index (χ2v) is 4.29. The summed E-state index contributed by atoms with van der Waals surface area (Å²) in [6.45, 7) is 5.79. The molecular weight excluding hydrogens is 194 g/mol. The van der Waals surface area contributed by atoms with Crippen molar-refractivity contribution in [1.29, 1.82) is 0 Å². The summed E-state index contributed by atoms with van der Waals surface area (Å²) in [6, 6.07) is 0. The van der Waals surface area contributed by atoms with Crippen LogP contribution in [0.2, 0.25) is 0 Å². The van der Waals surface area contributed by atoms with E-state index in [1.807, 2.05) is 0 Å². The minimum absolute atomic E-state index is 0.00532. The molecule has 0 spiro atoms. The molecular formula is C10H23N3O2. The van der Waals surface area contributed by atoms with Crippen LogP contribution >= 0.6 is 0 Å². The Hall–Kier alpha value is -0.810. The Labute approximate surface area is 91.7 Å². The fourth-order valence-electron chi connectivity index (χ4n) is 1.32. The van der Waals surface area contributed by atoms with Crippen LogP contribution in [-0.2, 0) is 4.74 Å². The van der Waals surface area contributed by atoms with E-state index >= 15 is 0 Å². The average Bonchev–Trinajstić information content (AvgIpc) is 2.16. The van der Waals surface area contributed by atoms with Gasteiger partial charge in [-0.3, -0.25) is 0 Å². The largest absolute Gasteiger partial charge is 0.409 e. The monoisotopic (exact) mass is 217 g/mol. The summed E-state index contributed by atoms with van der Waals surface area (Å²) in [5, 5.41) is 14.6. The quantitative estimate of drug-likeness (QED) is 0.186. The maximum absolute atomic E-state index is 8.32. The molecule has 0 fully saturated rings. The Morgan fingerprint density at radius 2 is 2.13 bits per heavy atom. The molecule has 0 saturated carbocycles. The van der Waals surface area contributed by atoms with Crippen molar-refractivity contribution in [1.82, 2.24) is 5.32 Å². The molecule has 0 radical (unpaired) electrons. The van der Waals surface area contributed by atoms with Gasteiger partial charge < -0.3 is 21.0 Å². The average molecular weight is 217 g/mol. The number of rotatable bonds is 8. The molecule has 0 bridgehead atoms. The van der Waals surface area contributed by atoms with Gasteiger partial charge in [-0.1, -0.05) is 5.16 Å². The molecule has 0 aliphatic heterocycles. The predicted octanol–water partition coefficient (Wildman–Crippen LogP) is 0.918. The highest BCUT2D eigenvalue weighted by molar-refractivity contribution is 5.79. The van der Waals surface area contributed by atoms with E-state index in [4.69, 9.17) is 15.7 Å². The summed E-state index contributed by atoms with van der Waals surface area (Å²) in [6.07, 6.45) is 2.57. The summed E-state index contributed by atoms with van der Waals surface area (Å²) < 4.78 is 5.08. The topological polar surface area (TPSA) is 79.9 Å². The smallest absolute Gasteiger partial charge is 0.139 e. The Kier molecular flexibility index (Phi) is 7.07. The van der Waals surface area contributed by atoms with Crippen LogP contribution in [0.15, 0.2) is 5.16 Å². The summed E-state index contributed by atoms with van der Waals surface area (Å²) in [4.78, 5) is 0. The fourth-order valence-corrected chi connectivity index (χ4v) is 1.32. The summed E-state index contributed by atoms with van der Waals surface area (Å²) in [5.74, 6) is 0.297. The van der Waals surface area contributed by atoms with Crippen LogP contribution in [0.4, 0.5) is 0 Å². The van der Waals surface area contributed by atoms with Crippen LogP contribution in [0.1, 0.15) is 33.1 Å². The maximum Gasteiger partial charge on any atom is 0.139 e. The van der Waals surface area contributed by atoms with Crippen molar-refractivity contribution in [3.8, 4) is 0 Å². The van der Waals surface area contributed by atoms with E-state index in [1.165, 1.54) is 0 Å². The molecule has 90 valence electrons. The molecule has 0 aliphatic rings. The van der Waals surface area contributed by atoms with Crippen molar-refractivity contribution in [3.05, 3.63) is 0 Å². The molecule has 0 aromatic carbocycles. The minimum atomic E-state index is 0.00532. The van der Waals surface area contributed by atoms with Crippen LogP contribution < -0.4 is 11.1 Å². The van der Waals surface area contributed by atoms with Gasteiger partial charge in [0.2, 0.25) is 0 Å². The number of unbranched alkanes of at least 4 members (excludes halogenated alkanes) is 1. The number of nitrogens with one attached hydrogen (secondary N) is 1. The first-order valence-corrected chi connectivity index (χ1v) is 5.22. The molecule has 0 aliphatic carbocycles. The van der Waals surface area contributed by atoms with Crippen molar-refractivity contribution in [2.75, 3.05) is 20.3 Å². The molecule has 0 rings (SSSR count). The second kappa shape index (κ2) is 7.48. The Morgan fingerprint density at radius 3 is 2.67 bits per heavy atom. The lowest BCUT2D eigenvalue weighted by molar-refractivity contribution is 0.128. The number of hydrogen-bond acceptors (Lipinski definition) is 4. The van der Waals surface area contributed by atoms with E-state index in [9.17, 15) is 0 Å². The first-order valence-electron chi connectivity index (χ1n) is 5.22. The summed E-state index contributed by atoms with van der Waals surface area (Å²) in [5.41, 5.74) is 5.35. The first kappa shape index (κ1) is 14.2. The normalized spacial score (nSPS) is 13.1. The third kappa shape index (κ3) is 8.20. The predicted molar refractivity (Wildman–Crippen MR) is 61.2 cm³/mol. The second-order valence-electron chi connectivity index (χ2n) is 4.29. The zero-order valence-corrected chi connectivity index (χ0v) is 9.92. The molecule has 0 amide bonds. The van der Waals surface area contributed by atoms with E-state index < -0.39 is 0 Å². The van der Waals surface area contributed by atoms with Crippen LogP contribution in [0, 0.1) is 0 Å². The van der Waals surface area contributed by atoms with Gasteiger partial charge in [0.1, 0.15) is 5.84 Å². The minimum Gasteiger partial charge on any atom is -0.409 e. The van der Waals surface area contributed by atoms with Gasteiger partial charge in [0, 0.05) is 19.1 Å². The lowest BCUT2D eigenvalue weighted by Gasteiger charge is -2.25. The number of oxime groups is 1. The number of amidine groups is 1. The van der Waals surface area contributed by atoms with Crippen molar-refractivity contribution in [3.63, 3.8) is 0 Å².